The van der Waals surface area contributed by atoms with E-state index < -0.39 is 0 Å². The van der Waals surface area contributed by atoms with Gasteiger partial charge in [0.25, 0.3) is 0 Å². The highest BCUT2D eigenvalue weighted by atomic mass is 32.2. The van der Waals surface area contributed by atoms with Crippen molar-refractivity contribution in [3.05, 3.63) is 41.2 Å². The van der Waals surface area contributed by atoms with Gasteiger partial charge in [0.15, 0.2) is 0 Å². The zero-order valence-corrected chi connectivity index (χ0v) is 13.6. The number of hydrogen-bond acceptors (Lipinski definition) is 6. The first-order valence-corrected chi connectivity index (χ1v) is 8.33. The first kappa shape index (κ1) is 15.8. The second-order valence-corrected chi connectivity index (χ2v) is 5.89. The van der Waals surface area contributed by atoms with Crippen LogP contribution in [0.2, 0.25) is 0 Å². The lowest BCUT2D eigenvalue weighted by atomic mass is 10.2. The van der Waals surface area contributed by atoms with Crippen LogP contribution < -0.4 is 10.1 Å². The van der Waals surface area contributed by atoms with Gasteiger partial charge >= 0.3 is 0 Å². The molecule has 0 aliphatic rings. The second-order valence-electron chi connectivity index (χ2n) is 4.38. The van der Waals surface area contributed by atoms with Gasteiger partial charge < -0.3 is 10.1 Å². The van der Waals surface area contributed by atoms with E-state index in [-0.39, 0.29) is 5.91 Å². The van der Waals surface area contributed by atoms with Crippen molar-refractivity contribution in [2.45, 2.75) is 19.2 Å². The molecular formula is C14H17N3O2S2. The molecule has 0 fully saturated rings. The number of aryl methyl sites for hydroxylation is 1. The van der Waals surface area contributed by atoms with Crippen LogP contribution in [-0.2, 0) is 17.1 Å². The molecule has 0 unspecified atom stereocenters. The van der Waals surface area contributed by atoms with E-state index in [1.165, 1.54) is 23.5 Å². The Morgan fingerprint density at radius 3 is 2.90 bits per heavy atom. The Morgan fingerprint density at radius 2 is 2.19 bits per heavy atom. The summed E-state index contributed by atoms with van der Waals surface area (Å²) in [6.45, 7) is 2.40. The maximum absolute atomic E-state index is 11.8. The molecule has 0 radical (unpaired) electrons. The number of carbonyl (C=O) groups is 1. The maximum atomic E-state index is 11.8. The van der Waals surface area contributed by atoms with Gasteiger partial charge in [-0.2, -0.15) is 8.75 Å². The molecule has 1 aromatic heterocycles. The van der Waals surface area contributed by atoms with Gasteiger partial charge in [-0.1, -0.05) is 18.2 Å². The Bertz CT molecular complexity index is 601. The van der Waals surface area contributed by atoms with Crippen LogP contribution in [-0.4, -0.2) is 27.5 Å². The summed E-state index contributed by atoms with van der Waals surface area (Å²) in [6, 6.07) is 7.66. The van der Waals surface area contributed by atoms with E-state index in [0.717, 1.165) is 22.7 Å². The van der Waals surface area contributed by atoms with Crippen LogP contribution in [0.5, 0.6) is 5.75 Å². The minimum absolute atomic E-state index is 0.00625. The number of nitrogens with zero attached hydrogens (tertiary/aromatic N) is 2. The minimum atomic E-state index is 0.00625. The summed E-state index contributed by atoms with van der Waals surface area (Å²) in [6.07, 6.45) is 0. The van der Waals surface area contributed by atoms with Crippen molar-refractivity contribution in [2.24, 2.45) is 0 Å². The molecule has 112 valence electrons. The van der Waals surface area contributed by atoms with E-state index in [1.807, 2.05) is 31.2 Å². The van der Waals surface area contributed by atoms with Crippen molar-refractivity contribution in [3.8, 4) is 5.75 Å². The average molecular weight is 323 g/mol. The van der Waals surface area contributed by atoms with Crippen LogP contribution in [0.4, 0.5) is 0 Å². The van der Waals surface area contributed by atoms with Crippen LogP contribution >= 0.6 is 23.5 Å². The summed E-state index contributed by atoms with van der Waals surface area (Å²) in [7, 11) is 1.63. The van der Waals surface area contributed by atoms with E-state index in [0.29, 0.717) is 18.1 Å². The van der Waals surface area contributed by atoms with Gasteiger partial charge in [-0.15, -0.1) is 11.8 Å². The smallest absolute Gasteiger partial charge is 0.230 e. The molecule has 1 N–H and O–H groups in total. The number of hydrogen-bond donors (Lipinski definition) is 1. The number of methoxy groups -OCH3 is 1. The predicted octanol–water partition coefficient (Wildman–Crippen LogP) is 2.40. The van der Waals surface area contributed by atoms with E-state index in [2.05, 4.69) is 14.1 Å². The molecule has 5 nitrogen and oxygen atoms in total. The van der Waals surface area contributed by atoms with Gasteiger partial charge in [-0.25, -0.2) is 0 Å². The molecule has 2 aromatic rings. The highest BCUT2D eigenvalue weighted by molar-refractivity contribution is 7.99. The monoisotopic (exact) mass is 323 g/mol. The first-order chi connectivity index (χ1) is 10.2. The first-order valence-electron chi connectivity index (χ1n) is 6.45. The Balaban J connectivity index is 1.74. The molecule has 0 saturated carbocycles. The molecule has 0 bridgehead atoms. The largest absolute Gasteiger partial charge is 0.496 e. The van der Waals surface area contributed by atoms with Gasteiger partial charge in [-0.3, -0.25) is 4.79 Å². The number of benzene rings is 1. The number of rotatable bonds is 7. The summed E-state index contributed by atoms with van der Waals surface area (Å²) < 4.78 is 13.6. The van der Waals surface area contributed by atoms with Crippen LogP contribution in [0.25, 0.3) is 0 Å². The van der Waals surface area contributed by atoms with Gasteiger partial charge in [0.05, 0.1) is 36.0 Å². The number of carbonyl (C=O) groups excluding carboxylic acids is 1. The molecule has 0 aliphatic heterocycles. The summed E-state index contributed by atoms with van der Waals surface area (Å²) in [5, 5.41) is 2.90. The SMILES string of the molecule is COc1ccccc1CNC(=O)CSCc1nsnc1C. The fourth-order valence-corrected chi connectivity index (χ4v) is 3.22. The van der Waals surface area contributed by atoms with Gasteiger partial charge in [-0.05, 0) is 13.0 Å². The Morgan fingerprint density at radius 1 is 1.38 bits per heavy atom. The highest BCUT2D eigenvalue weighted by Gasteiger charge is 2.07. The van der Waals surface area contributed by atoms with E-state index in [4.69, 9.17) is 4.74 Å². The van der Waals surface area contributed by atoms with E-state index in [9.17, 15) is 4.79 Å². The van der Waals surface area contributed by atoms with E-state index in [1.54, 1.807) is 7.11 Å². The lowest BCUT2D eigenvalue weighted by molar-refractivity contribution is -0.118. The van der Waals surface area contributed by atoms with Crippen molar-refractivity contribution >= 4 is 29.4 Å². The lowest BCUT2D eigenvalue weighted by Crippen LogP contribution is -2.24. The average Bonchev–Trinajstić information content (AvgIpc) is 2.91. The summed E-state index contributed by atoms with van der Waals surface area (Å²) >= 11 is 2.75. The number of para-hydroxylation sites is 1. The topological polar surface area (TPSA) is 64.1 Å². The third kappa shape index (κ3) is 4.71. The zero-order valence-electron chi connectivity index (χ0n) is 12.0. The Hall–Kier alpha value is -1.60. The normalized spacial score (nSPS) is 10.4. The molecule has 1 amide bonds. The molecule has 1 heterocycles. The number of amides is 1. The number of nitrogens with one attached hydrogen (secondary N) is 1. The van der Waals surface area contributed by atoms with Gasteiger partial charge in [0.1, 0.15) is 5.75 Å². The van der Waals surface area contributed by atoms with Crippen molar-refractivity contribution in [1.82, 2.24) is 14.1 Å². The van der Waals surface area contributed by atoms with Gasteiger partial charge in [0.2, 0.25) is 5.91 Å². The number of thioether (sulfide) groups is 1. The Labute approximate surface area is 132 Å². The standard InChI is InChI=1S/C14H17N3O2S2/c1-10-12(17-21-16-10)8-20-9-14(18)15-7-11-5-3-4-6-13(11)19-2/h3-6H,7-9H2,1-2H3,(H,15,18). The molecule has 0 aliphatic carbocycles. The fraction of sp³-hybridized carbons (Fsp3) is 0.357. The third-order valence-electron chi connectivity index (χ3n) is 2.89. The van der Waals surface area contributed by atoms with Crippen molar-refractivity contribution < 1.29 is 9.53 Å². The van der Waals surface area contributed by atoms with Crippen molar-refractivity contribution in [3.63, 3.8) is 0 Å². The highest BCUT2D eigenvalue weighted by Crippen LogP contribution is 2.17. The molecule has 2 rings (SSSR count). The molecule has 7 heteroatoms. The lowest BCUT2D eigenvalue weighted by Gasteiger charge is -2.09. The van der Waals surface area contributed by atoms with Crippen LogP contribution in [0.3, 0.4) is 0 Å². The zero-order chi connectivity index (χ0) is 15.1. The second kappa shape index (κ2) is 7.99. The number of aromatic nitrogens is 2. The molecule has 0 spiro atoms. The van der Waals surface area contributed by atoms with Crippen molar-refractivity contribution in [2.75, 3.05) is 12.9 Å². The quantitative estimate of drug-likeness (QED) is 0.848. The fourth-order valence-electron chi connectivity index (χ4n) is 1.71. The van der Waals surface area contributed by atoms with Crippen molar-refractivity contribution in [1.29, 1.82) is 0 Å². The molecular weight excluding hydrogens is 306 g/mol. The maximum Gasteiger partial charge on any atom is 0.230 e. The van der Waals surface area contributed by atoms with Crippen LogP contribution in [0.15, 0.2) is 24.3 Å². The van der Waals surface area contributed by atoms with E-state index >= 15 is 0 Å². The molecule has 1 aromatic carbocycles. The molecule has 0 saturated heterocycles. The molecule has 21 heavy (non-hydrogen) atoms. The van der Waals surface area contributed by atoms with Crippen LogP contribution in [0.1, 0.15) is 17.0 Å². The summed E-state index contributed by atoms with van der Waals surface area (Å²) in [4.78, 5) is 11.8. The summed E-state index contributed by atoms with van der Waals surface area (Å²) in [5.41, 5.74) is 2.88. The third-order valence-corrected chi connectivity index (χ3v) is 4.49. The summed E-state index contributed by atoms with van der Waals surface area (Å²) in [5.74, 6) is 1.91. The minimum Gasteiger partial charge on any atom is -0.496 e. The number of ether oxygens (including phenoxy) is 1. The van der Waals surface area contributed by atoms with Crippen LogP contribution in [0, 0.1) is 6.92 Å². The predicted molar refractivity (Wildman–Crippen MR) is 85.6 cm³/mol. The van der Waals surface area contributed by atoms with Gasteiger partial charge in [0, 0.05) is 17.9 Å². The Kier molecular flexibility index (Phi) is 6.01. The molecule has 0 atom stereocenters.